The molecule has 6 aromatic rings. The topological polar surface area (TPSA) is 52.6 Å². The van der Waals surface area contributed by atoms with Crippen LogP contribution in [-0.2, 0) is 9.59 Å². The van der Waals surface area contributed by atoms with Crippen molar-refractivity contribution in [3.8, 4) is 11.5 Å². The lowest BCUT2D eigenvalue weighted by Gasteiger charge is -2.21. The number of rotatable bonds is 4. The van der Waals surface area contributed by atoms with Crippen LogP contribution in [0.3, 0.4) is 0 Å². The van der Waals surface area contributed by atoms with E-state index in [4.69, 9.17) is 9.47 Å². The first-order valence-electron chi connectivity index (χ1n) is 12.2. The molecule has 0 N–H and O–H groups in total. The number of fused-ring (bicyclic) bond motifs is 4. The molecule has 0 aliphatic carbocycles. The Labute approximate surface area is 214 Å². The second-order valence-electron chi connectivity index (χ2n) is 9.76. The molecule has 0 saturated heterocycles. The maximum Gasteiger partial charge on any atom is 0.328 e. The third kappa shape index (κ3) is 4.07. The van der Waals surface area contributed by atoms with Gasteiger partial charge < -0.3 is 9.47 Å². The molecule has 0 aliphatic heterocycles. The Kier molecular flexibility index (Phi) is 5.38. The molecule has 6 aromatic carbocycles. The van der Waals surface area contributed by atoms with E-state index < -0.39 is 17.4 Å². The van der Waals surface area contributed by atoms with Crippen LogP contribution in [0, 0.1) is 5.41 Å². The van der Waals surface area contributed by atoms with Crippen molar-refractivity contribution in [1.29, 1.82) is 0 Å². The van der Waals surface area contributed by atoms with Crippen LogP contribution < -0.4 is 9.47 Å². The van der Waals surface area contributed by atoms with Gasteiger partial charge >= 0.3 is 11.9 Å². The summed E-state index contributed by atoms with van der Waals surface area (Å²) in [5.41, 5.74) is -1.53. The summed E-state index contributed by atoms with van der Waals surface area (Å²) in [5, 5.41) is 7.80. The number of benzene rings is 6. The molecular weight excluding hydrogens is 460 g/mol. The standard InChI is InChI=1S/C33H24O4/c1-33(2,31(34)36-29-15-7-13-25-17-21-9-3-5-11-23(21)19-27(25)29)32(35)37-30-16-8-14-26-18-22-10-4-6-12-24(22)20-28(26)30/h3-20H,1-2H3. The molecule has 0 bridgehead atoms. The van der Waals surface area contributed by atoms with E-state index in [2.05, 4.69) is 12.1 Å². The van der Waals surface area contributed by atoms with Crippen molar-refractivity contribution in [2.75, 3.05) is 0 Å². The summed E-state index contributed by atoms with van der Waals surface area (Å²) in [5.74, 6) is -0.538. The number of hydrogen-bond donors (Lipinski definition) is 0. The SMILES string of the molecule is CC(C)(C(=O)Oc1cccc2cc3ccccc3cc12)C(=O)Oc1cccc2cc3ccccc3cc12. The minimum atomic E-state index is -1.53. The number of esters is 2. The molecule has 6 rings (SSSR count). The van der Waals surface area contributed by atoms with E-state index in [9.17, 15) is 9.59 Å². The van der Waals surface area contributed by atoms with Crippen molar-refractivity contribution >= 4 is 55.0 Å². The maximum absolute atomic E-state index is 13.3. The maximum atomic E-state index is 13.3. The Morgan fingerprint density at radius 3 is 1.24 bits per heavy atom. The van der Waals surface area contributed by atoms with Gasteiger partial charge in [0.15, 0.2) is 5.41 Å². The van der Waals surface area contributed by atoms with E-state index in [1.165, 1.54) is 13.8 Å². The van der Waals surface area contributed by atoms with Crippen LogP contribution in [0.5, 0.6) is 11.5 Å². The van der Waals surface area contributed by atoms with Crippen molar-refractivity contribution in [1.82, 2.24) is 0 Å². The van der Waals surface area contributed by atoms with Crippen molar-refractivity contribution in [3.63, 3.8) is 0 Å². The highest BCUT2D eigenvalue weighted by Gasteiger charge is 2.40. The van der Waals surface area contributed by atoms with Crippen LogP contribution in [0.2, 0.25) is 0 Å². The minimum absolute atomic E-state index is 0.408. The van der Waals surface area contributed by atoms with Gasteiger partial charge in [0.2, 0.25) is 0 Å². The van der Waals surface area contributed by atoms with E-state index in [-0.39, 0.29) is 0 Å². The van der Waals surface area contributed by atoms with E-state index in [1.54, 1.807) is 12.1 Å². The van der Waals surface area contributed by atoms with Gasteiger partial charge in [-0.25, -0.2) is 0 Å². The van der Waals surface area contributed by atoms with Crippen molar-refractivity contribution < 1.29 is 19.1 Å². The lowest BCUT2D eigenvalue weighted by molar-refractivity contribution is -0.158. The average Bonchev–Trinajstić information content (AvgIpc) is 2.91. The molecule has 0 saturated carbocycles. The van der Waals surface area contributed by atoms with Gasteiger partial charge in [-0.15, -0.1) is 0 Å². The fraction of sp³-hybridized carbons (Fsp3) is 0.0909. The molecular formula is C33H24O4. The summed E-state index contributed by atoms with van der Waals surface area (Å²) in [6.07, 6.45) is 0. The molecule has 4 heteroatoms. The van der Waals surface area contributed by atoms with Gasteiger partial charge in [0.1, 0.15) is 11.5 Å². The van der Waals surface area contributed by atoms with Gasteiger partial charge in [0, 0.05) is 10.8 Å². The Morgan fingerprint density at radius 1 is 0.486 bits per heavy atom. The Morgan fingerprint density at radius 2 is 0.838 bits per heavy atom. The van der Waals surface area contributed by atoms with E-state index >= 15 is 0 Å². The number of carbonyl (C=O) groups is 2. The van der Waals surface area contributed by atoms with Gasteiger partial charge in [0.05, 0.1) is 0 Å². The van der Waals surface area contributed by atoms with Gasteiger partial charge in [-0.3, -0.25) is 9.59 Å². The zero-order chi connectivity index (χ0) is 25.6. The summed E-state index contributed by atoms with van der Waals surface area (Å²) in [6.45, 7) is 3.05. The third-order valence-corrected chi connectivity index (χ3v) is 6.84. The molecule has 0 aliphatic rings. The molecule has 0 heterocycles. The predicted octanol–water partition coefficient (Wildman–Crippen LogP) is 7.84. The second-order valence-corrected chi connectivity index (χ2v) is 9.76. The highest BCUT2D eigenvalue weighted by molar-refractivity contribution is 6.06. The van der Waals surface area contributed by atoms with Gasteiger partial charge in [-0.05, 0) is 82.6 Å². The summed E-state index contributed by atoms with van der Waals surface area (Å²) < 4.78 is 11.6. The molecule has 4 nitrogen and oxygen atoms in total. The van der Waals surface area contributed by atoms with Crippen molar-refractivity contribution in [3.05, 3.63) is 109 Å². The molecule has 0 fully saturated rings. The Bertz CT molecular complexity index is 1710. The zero-order valence-electron chi connectivity index (χ0n) is 20.5. The summed E-state index contributed by atoms with van der Waals surface area (Å²) in [4.78, 5) is 26.6. The summed E-state index contributed by atoms with van der Waals surface area (Å²) >= 11 is 0. The largest absolute Gasteiger partial charge is 0.425 e. The van der Waals surface area contributed by atoms with Crippen LogP contribution in [0.1, 0.15) is 13.8 Å². The average molecular weight is 485 g/mol. The number of ether oxygens (including phenoxy) is 2. The molecule has 37 heavy (non-hydrogen) atoms. The highest BCUT2D eigenvalue weighted by atomic mass is 16.6. The third-order valence-electron chi connectivity index (χ3n) is 6.84. The molecule has 0 amide bonds. The van der Waals surface area contributed by atoms with E-state index in [1.807, 2.05) is 84.9 Å². The van der Waals surface area contributed by atoms with Gasteiger partial charge in [0.25, 0.3) is 0 Å². The second kappa shape index (κ2) is 8.75. The molecule has 0 radical (unpaired) electrons. The highest BCUT2D eigenvalue weighted by Crippen LogP contribution is 2.34. The summed E-state index contributed by atoms with van der Waals surface area (Å²) in [6, 6.07) is 35.3. The summed E-state index contributed by atoms with van der Waals surface area (Å²) in [7, 11) is 0. The van der Waals surface area contributed by atoms with Crippen LogP contribution in [0.15, 0.2) is 109 Å². The van der Waals surface area contributed by atoms with Crippen molar-refractivity contribution in [2.45, 2.75) is 13.8 Å². The molecule has 180 valence electrons. The smallest absolute Gasteiger partial charge is 0.328 e. The molecule has 0 atom stereocenters. The first-order chi connectivity index (χ1) is 17.9. The van der Waals surface area contributed by atoms with Gasteiger partial charge in [-0.1, -0.05) is 72.8 Å². The normalized spacial score (nSPS) is 11.7. The predicted molar refractivity (Wildman–Crippen MR) is 148 cm³/mol. The lowest BCUT2D eigenvalue weighted by atomic mass is 9.93. The van der Waals surface area contributed by atoms with Crippen LogP contribution in [0.25, 0.3) is 43.1 Å². The monoisotopic (exact) mass is 484 g/mol. The first-order valence-corrected chi connectivity index (χ1v) is 12.2. The zero-order valence-corrected chi connectivity index (χ0v) is 20.5. The minimum Gasteiger partial charge on any atom is -0.425 e. The number of carbonyl (C=O) groups excluding carboxylic acids is 2. The first kappa shape index (κ1) is 22.7. The fourth-order valence-corrected chi connectivity index (χ4v) is 4.59. The van der Waals surface area contributed by atoms with E-state index in [0.717, 1.165) is 43.1 Å². The molecule has 0 unspecified atom stereocenters. The van der Waals surface area contributed by atoms with Crippen LogP contribution >= 0.6 is 0 Å². The van der Waals surface area contributed by atoms with E-state index in [0.29, 0.717) is 11.5 Å². The Balaban J connectivity index is 1.30. The van der Waals surface area contributed by atoms with Crippen molar-refractivity contribution in [2.24, 2.45) is 5.41 Å². The molecule has 0 aromatic heterocycles. The van der Waals surface area contributed by atoms with Crippen LogP contribution in [-0.4, -0.2) is 11.9 Å². The fourth-order valence-electron chi connectivity index (χ4n) is 4.59. The van der Waals surface area contributed by atoms with Gasteiger partial charge in [-0.2, -0.15) is 0 Å². The quantitative estimate of drug-likeness (QED) is 0.111. The number of hydrogen-bond acceptors (Lipinski definition) is 4. The van der Waals surface area contributed by atoms with Crippen LogP contribution in [0.4, 0.5) is 0 Å². The molecule has 0 spiro atoms. The Hall–Kier alpha value is -4.70. The lowest BCUT2D eigenvalue weighted by Crippen LogP contribution is -2.39.